The molecule has 39 heavy (non-hydrogen) atoms. The molecule has 0 fully saturated rings. The van der Waals surface area contributed by atoms with Crippen molar-refractivity contribution in [2.24, 2.45) is 0 Å². The van der Waals surface area contributed by atoms with Crippen LogP contribution in [0.15, 0.2) is 78.3 Å². The number of hydrogen-bond acceptors (Lipinski definition) is 7. The molecule has 9 nitrogen and oxygen atoms in total. The molecule has 4 aromatic rings. The van der Waals surface area contributed by atoms with E-state index in [0.29, 0.717) is 56.8 Å². The highest BCUT2D eigenvalue weighted by molar-refractivity contribution is 6.32. The molecule has 1 aliphatic heterocycles. The molecule has 1 unspecified atom stereocenters. The van der Waals surface area contributed by atoms with Crippen LogP contribution < -0.4 is 24.8 Å². The molecule has 0 saturated carbocycles. The lowest BCUT2D eigenvalue weighted by atomic mass is 9.95. The van der Waals surface area contributed by atoms with Crippen molar-refractivity contribution in [2.75, 3.05) is 24.9 Å². The second-order valence-corrected chi connectivity index (χ2v) is 9.50. The van der Waals surface area contributed by atoms with Gasteiger partial charge in [-0.1, -0.05) is 53.5 Å². The SMILES string of the molecule is COc1cc(NC(=O)C2=C(C)Nc3ncnn3C2c2ccc(OCc3ccccc3Cl)cc2)c(OC)cc1Cl. The summed E-state index contributed by atoms with van der Waals surface area (Å²) in [6.07, 6.45) is 1.44. The summed E-state index contributed by atoms with van der Waals surface area (Å²) < 4.78 is 18.4. The van der Waals surface area contributed by atoms with Crippen molar-refractivity contribution in [3.8, 4) is 17.2 Å². The monoisotopic (exact) mass is 565 g/mol. The Morgan fingerprint density at radius 2 is 1.77 bits per heavy atom. The average molecular weight is 566 g/mol. The van der Waals surface area contributed by atoms with Gasteiger partial charge in [0.1, 0.15) is 36.2 Å². The Balaban J connectivity index is 1.44. The Kier molecular flexibility index (Phi) is 7.63. The van der Waals surface area contributed by atoms with Crippen molar-refractivity contribution in [3.63, 3.8) is 0 Å². The summed E-state index contributed by atoms with van der Waals surface area (Å²) in [4.78, 5) is 18.1. The van der Waals surface area contributed by atoms with Crippen LogP contribution in [0.1, 0.15) is 24.1 Å². The fourth-order valence-electron chi connectivity index (χ4n) is 4.36. The molecule has 5 rings (SSSR count). The molecular formula is C28H25Cl2N5O4. The number of carbonyl (C=O) groups excluding carboxylic acids is 1. The molecule has 11 heteroatoms. The number of hydrogen-bond donors (Lipinski definition) is 2. The maximum Gasteiger partial charge on any atom is 0.255 e. The van der Waals surface area contributed by atoms with Gasteiger partial charge in [-0.2, -0.15) is 10.1 Å². The van der Waals surface area contributed by atoms with Crippen molar-refractivity contribution in [1.82, 2.24) is 14.8 Å². The normalized spacial score (nSPS) is 14.3. The van der Waals surface area contributed by atoms with E-state index in [4.69, 9.17) is 37.4 Å². The van der Waals surface area contributed by atoms with Crippen molar-refractivity contribution in [3.05, 3.63) is 99.4 Å². The molecule has 200 valence electrons. The first-order valence-electron chi connectivity index (χ1n) is 12.0. The highest BCUT2D eigenvalue weighted by Crippen LogP contribution is 2.39. The maximum absolute atomic E-state index is 13.8. The van der Waals surface area contributed by atoms with Crippen LogP contribution in [0.4, 0.5) is 11.6 Å². The van der Waals surface area contributed by atoms with Gasteiger partial charge in [0.15, 0.2) is 0 Å². The predicted octanol–water partition coefficient (Wildman–Crippen LogP) is 6.11. The van der Waals surface area contributed by atoms with Crippen molar-refractivity contribution in [2.45, 2.75) is 19.6 Å². The minimum absolute atomic E-state index is 0.332. The molecule has 0 radical (unpaired) electrons. The summed E-state index contributed by atoms with van der Waals surface area (Å²) in [5.74, 6) is 1.64. The quantitative estimate of drug-likeness (QED) is 0.266. The zero-order valence-electron chi connectivity index (χ0n) is 21.4. The van der Waals surface area contributed by atoms with Crippen LogP contribution in [0.2, 0.25) is 10.0 Å². The number of amides is 1. The zero-order valence-corrected chi connectivity index (χ0v) is 22.9. The van der Waals surface area contributed by atoms with Crippen LogP contribution in [0, 0.1) is 0 Å². The third-order valence-corrected chi connectivity index (χ3v) is 6.97. The van der Waals surface area contributed by atoms with Crippen LogP contribution in [0.3, 0.4) is 0 Å². The van der Waals surface area contributed by atoms with Gasteiger partial charge < -0.3 is 24.8 Å². The molecule has 1 amide bonds. The summed E-state index contributed by atoms with van der Waals surface area (Å²) in [7, 11) is 3.00. The summed E-state index contributed by atoms with van der Waals surface area (Å²) in [5, 5.41) is 11.5. The van der Waals surface area contributed by atoms with Crippen LogP contribution in [-0.2, 0) is 11.4 Å². The van der Waals surface area contributed by atoms with Gasteiger partial charge in [0.05, 0.1) is 30.5 Å². The van der Waals surface area contributed by atoms with E-state index in [9.17, 15) is 4.79 Å². The summed E-state index contributed by atoms with van der Waals surface area (Å²) in [6.45, 7) is 2.15. The molecular weight excluding hydrogens is 541 g/mol. The summed E-state index contributed by atoms with van der Waals surface area (Å²) in [5.41, 5.74) is 3.21. The van der Waals surface area contributed by atoms with Crippen LogP contribution >= 0.6 is 23.2 Å². The van der Waals surface area contributed by atoms with E-state index in [1.165, 1.54) is 20.5 Å². The molecule has 1 aliphatic rings. The molecule has 2 heterocycles. The lowest BCUT2D eigenvalue weighted by Crippen LogP contribution is -2.31. The lowest BCUT2D eigenvalue weighted by molar-refractivity contribution is -0.113. The molecule has 0 aliphatic carbocycles. The second kappa shape index (κ2) is 11.3. The van der Waals surface area contributed by atoms with E-state index < -0.39 is 6.04 Å². The zero-order chi connectivity index (χ0) is 27.5. The van der Waals surface area contributed by atoms with Gasteiger partial charge in [-0.15, -0.1) is 0 Å². The highest BCUT2D eigenvalue weighted by Gasteiger charge is 2.34. The number of ether oxygens (including phenoxy) is 3. The number of aromatic nitrogens is 3. The van der Waals surface area contributed by atoms with Gasteiger partial charge in [0.2, 0.25) is 5.95 Å². The van der Waals surface area contributed by atoms with E-state index in [0.717, 1.165) is 11.1 Å². The standard InChI is InChI=1S/C28H25Cl2N5O4/c1-16-25(27(36)34-22-13-23(37-2)21(30)12-24(22)38-3)26(35-28(33-16)31-15-32-35)17-8-10-19(11-9-17)39-14-18-6-4-5-7-20(18)29/h4-13,15,26H,14H2,1-3H3,(H,34,36)(H,31,32,33). The van der Waals surface area contributed by atoms with E-state index in [1.807, 2.05) is 55.5 Å². The Morgan fingerprint density at radius 1 is 1.03 bits per heavy atom. The molecule has 2 N–H and O–H groups in total. The van der Waals surface area contributed by atoms with Gasteiger partial charge in [-0.25, -0.2) is 4.68 Å². The molecule has 0 spiro atoms. The first-order valence-corrected chi connectivity index (χ1v) is 12.7. The number of fused-ring (bicyclic) bond motifs is 1. The van der Waals surface area contributed by atoms with Crippen molar-refractivity contribution in [1.29, 1.82) is 0 Å². The van der Waals surface area contributed by atoms with Gasteiger partial charge in [-0.3, -0.25) is 4.79 Å². The number of rotatable bonds is 8. The summed E-state index contributed by atoms with van der Waals surface area (Å²) in [6, 6.07) is 17.7. The number of methoxy groups -OCH3 is 2. The van der Waals surface area contributed by atoms with Crippen LogP contribution in [0.5, 0.6) is 17.2 Å². The second-order valence-electron chi connectivity index (χ2n) is 8.68. The molecule has 1 aromatic heterocycles. The fraction of sp³-hybridized carbons (Fsp3) is 0.179. The first-order chi connectivity index (χ1) is 18.9. The molecule has 0 bridgehead atoms. The van der Waals surface area contributed by atoms with Crippen LogP contribution in [-0.4, -0.2) is 34.9 Å². The van der Waals surface area contributed by atoms with Gasteiger partial charge >= 0.3 is 0 Å². The highest BCUT2D eigenvalue weighted by atomic mass is 35.5. The maximum atomic E-state index is 13.8. The Bertz CT molecular complexity index is 1550. The lowest BCUT2D eigenvalue weighted by Gasteiger charge is -2.29. The average Bonchev–Trinajstić information content (AvgIpc) is 3.41. The van der Waals surface area contributed by atoms with E-state index in [1.54, 1.807) is 16.8 Å². The third kappa shape index (κ3) is 5.36. The van der Waals surface area contributed by atoms with E-state index >= 15 is 0 Å². The minimum atomic E-state index is -0.554. The number of anilines is 2. The first kappa shape index (κ1) is 26.4. The molecule has 0 saturated heterocycles. The third-order valence-electron chi connectivity index (χ3n) is 6.31. The van der Waals surface area contributed by atoms with Crippen molar-refractivity contribution < 1.29 is 19.0 Å². The van der Waals surface area contributed by atoms with Gasteiger partial charge in [-0.05, 0) is 30.7 Å². The molecule has 3 aromatic carbocycles. The number of nitrogens with zero attached hydrogens (tertiary/aromatic N) is 3. The smallest absolute Gasteiger partial charge is 0.255 e. The van der Waals surface area contributed by atoms with Crippen LogP contribution in [0.25, 0.3) is 0 Å². The van der Waals surface area contributed by atoms with Crippen molar-refractivity contribution >= 4 is 40.7 Å². The number of halogens is 2. The number of nitrogens with one attached hydrogen (secondary N) is 2. The number of benzene rings is 3. The Hall–Kier alpha value is -4.21. The molecule has 1 atom stereocenters. The van der Waals surface area contributed by atoms with E-state index in [-0.39, 0.29) is 5.91 Å². The minimum Gasteiger partial charge on any atom is -0.495 e. The number of carbonyl (C=O) groups is 1. The summed E-state index contributed by atoms with van der Waals surface area (Å²) >= 11 is 12.5. The van der Waals surface area contributed by atoms with E-state index in [2.05, 4.69) is 20.7 Å². The van der Waals surface area contributed by atoms with Gasteiger partial charge in [0.25, 0.3) is 5.91 Å². The topological polar surface area (TPSA) is 99.5 Å². The number of allylic oxidation sites excluding steroid dienone is 1. The Morgan fingerprint density at radius 3 is 2.49 bits per heavy atom. The van der Waals surface area contributed by atoms with Gasteiger partial charge in [0, 0.05) is 28.4 Å². The fourth-order valence-corrected chi connectivity index (χ4v) is 4.78. The predicted molar refractivity (Wildman–Crippen MR) is 150 cm³/mol. The Labute approximate surface area is 235 Å². The largest absolute Gasteiger partial charge is 0.495 e.